The Bertz CT molecular complexity index is 518. The van der Waals surface area contributed by atoms with Crippen molar-refractivity contribution in [2.75, 3.05) is 6.61 Å². The fraction of sp³-hybridized carbons (Fsp3) is 0.286. The molecule has 2 N–H and O–H groups in total. The molecule has 14 heavy (non-hydrogen) atoms. The maximum atomic E-state index is 11.3. The van der Waals surface area contributed by atoms with E-state index in [1.807, 2.05) is 0 Å². The van der Waals surface area contributed by atoms with Crippen LogP contribution < -0.4 is 5.56 Å². The van der Waals surface area contributed by atoms with Gasteiger partial charge in [-0.05, 0) is 11.6 Å². The molecule has 0 saturated heterocycles. The van der Waals surface area contributed by atoms with Crippen molar-refractivity contribution in [2.24, 2.45) is 0 Å². The number of nitrogens with one attached hydrogen (secondary N) is 1. The van der Waals surface area contributed by atoms with E-state index in [0.717, 1.165) is 0 Å². The third kappa shape index (κ3) is 1.38. The van der Waals surface area contributed by atoms with Crippen LogP contribution in [0.2, 0.25) is 5.28 Å². The summed E-state index contributed by atoms with van der Waals surface area (Å²) in [6, 6.07) is 0. The summed E-state index contributed by atoms with van der Waals surface area (Å²) in [5.74, 6) is 0. The van der Waals surface area contributed by atoms with Gasteiger partial charge in [-0.25, -0.2) is 4.98 Å². The Labute approximate surface area is 83.2 Å². The smallest absolute Gasteiger partial charge is 0.280 e. The van der Waals surface area contributed by atoms with Crippen LogP contribution in [0.3, 0.4) is 0 Å². The maximum Gasteiger partial charge on any atom is 0.280 e. The lowest BCUT2D eigenvalue weighted by molar-refractivity contribution is 0.277. The predicted octanol–water partition coefficient (Wildman–Crippen LogP) is -0.235. The summed E-state index contributed by atoms with van der Waals surface area (Å²) < 4.78 is 1.57. The monoisotopic (exact) mass is 214 g/mol. The van der Waals surface area contributed by atoms with Crippen LogP contribution in [0, 0.1) is 0 Å². The van der Waals surface area contributed by atoms with Crippen LogP contribution in [0.4, 0.5) is 0 Å². The fourth-order valence-corrected chi connectivity index (χ4v) is 1.36. The molecule has 0 aliphatic rings. The minimum Gasteiger partial charge on any atom is -0.395 e. The molecule has 74 valence electrons. The molecule has 6 nitrogen and oxygen atoms in total. The molecule has 0 aliphatic heterocycles. The number of imidazole rings is 1. The van der Waals surface area contributed by atoms with Gasteiger partial charge in [0.2, 0.25) is 5.28 Å². The average Bonchev–Trinajstić information content (AvgIpc) is 2.49. The van der Waals surface area contributed by atoms with Crippen molar-refractivity contribution in [2.45, 2.75) is 6.54 Å². The second-order valence-corrected chi connectivity index (χ2v) is 3.05. The summed E-state index contributed by atoms with van der Waals surface area (Å²) in [5.41, 5.74) is 0.229. The highest BCUT2D eigenvalue weighted by Crippen LogP contribution is 2.07. The highest BCUT2D eigenvalue weighted by Gasteiger charge is 2.08. The quantitative estimate of drug-likeness (QED) is 0.677. The molecule has 0 atom stereocenters. The molecule has 0 radical (unpaired) electrons. The summed E-state index contributed by atoms with van der Waals surface area (Å²) >= 11 is 5.58. The van der Waals surface area contributed by atoms with Crippen molar-refractivity contribution in [1.29, 1.82) is 0 Å². The summed E-state index contributed by atoms with van der Waals surface area (Å²) in [6.45, 7) is 0.293. The standard InChI is InChI=1S/C7H7ClN4O2/c8-7-10-5-4(6(14)11-7)9-3-12(5)1-2-13/h3,13H,1-2H2,(H,10,11,14). The minimum atomic E-state index is -0.378. The van der Waals surface area contributed by atoms with Gasteiger partial charge in [0.15, 0.2) is 11.2 Å². The average molecular weight is 215 g/mol. The second-order valence-electron chi connectivity index (χ2n) is 2.69. The third-order valence-corrected chi connectivity index (χ3v) is 1.97. The lowest BCUT2D eigenvalue weighted by atomic mass is 10.5. The van der Waals surface area contributed by atoms with E-state index in [0.29, 0.717) is 12.2 Å². The third-order valence-electron chi connectivity index (χ3n) is 1.79. The van der Waals surface area contributed by atoms with Gasteiger partial charge in [0.25, 0.3) is 5.56 Å². The summed E-state index contributed by atoms with van der Waals surface area (Å²) in [7, 11) is 0. The molecule has 0 bridgehead atoms. The Kier molecular flexibility index (Phi) is 2.22. The van der Waals surface area contributed by atoms with E-state index < -0.39 is 0 Å². The molecule has 7 heteroatoms. The van der Waals surface area contributed by atoms with Crippen molar-refractivity contribution < 1.29 is 5.11 Å². The zero-order valence-electron chi connectivity index (χ0n) is 7.07. The van der Waals surface area contributed by atoms with Crippen LogP contribution in [-0.4, -0.2) is 31.2 Å². The Morgan fingerprint density at radius 2 is 2.43 bits per heavy atom. The van der Waals surface area contributed by atoms with Gasteiger partial charge in [-0.3, -0.25) is 9.78 Å². The van der Waals surface area contributed by atoms with Gasteiger partial charge in [0, 0.05) is 6.54 Å². The first kappa shape index (κ1) is 9.17. The maximum absolute atomic E-state index is 11.3. The molecule has 0 spiro atoms. The fourth-order valence-electron chi connectivity index (χ4n) is 1.20. The van der Waals surface area contributed by atoms with Gasteiger partial charge in [-0.1, -0.05) is 0 Å². The van der Waals surface area contributed by atoms with Gasteiger partial charge in [0.05, 0.1) is 12.9 Å². The van der Waals surface area contributed by atoms with Gasteiger partial charge >= 0.3 is 0 Å². The van der Waals surface area contributed by atoms with Gasteiger partial charge in [0.1, 0.15) is 0 Å². The van der Waals surface area contributed by atoms with E-state index in [9.17, 15) is 4.79 Å². The number of aliphatic hydroxyl groups is 1. The molecule has 0 amide bonds. The highest BCUT2D eigenvalue weighted by molar-refractivity contribution is 6.28. The molecule has 0 saturated carbocycles. The number of fused-ring (bicyclic) bond motifs is 1. The zero-order chi connectivity index (χ0) is 10.1. The molecule has 0 fully saturated rings. The molecule has 2 rings (SSSR count). The van der Waals surface area contributed by atoms with Gasteiger partial charge < -0.3 is 9.67 Å². The van der Waals surface area contributed by atoms with Gasteiger partial charge in [-0.15, -0.1) is 0 Å². The number of rotatable bonds is 2. The minimum absolute atomic E-state index is 0.0159. The van der Waals surface area contributed by atoms with Crippen molar-refractivity contribution >= 4 is 22.8 Å². The summed E-state index contributed by atoms with van der Waals surface area (Å²) in [5, 5.41) is 8.76. The van der Waals surface area contributed by atoms with E-state index in [2.05, 4.69) is 15.0 Å². The molecular weight excluding hydrogens is 208 g/mol. The van der Waals surface area contributed by atoms with Crippen LogP contribution in [-0.2, 0) is 6.54 Å². The van der Waals surface area contributed by atoms with E-state index in [-0.39, 0.29) is 23.0 Å². The topological polar surface area (TPSA) is 83.8 Å². The Hall–Kier alpha value is -1.40. The van der Waals surface area contributed by atoms with E-state index >= 15 is 0 Å². The molecule has 2 aromatic heterocycles. The predicted molar refractivity (Wildman–Crippen MR) is 50.2 cm³/mol. The lowest BCUT2D eigenvalue weighted by Gasteiger charge is -1.98. The normalized spacial score (nSPS) is 11.0. The molecule has 0 aliphatic carbocycles. The van der Waals surface area contributed by atoms with Crippen LogP contribution >= 0.6 is 11.6 Å². The number of aliphatic hydroxyl groups excluding tert-OH is 1. The molecular formula is C7H7ClN4O2. The number of aromatic nitrogens is 4. The van der Waals surface area contributed by atoms with Crippen LogP contribution in [0.1, 0.15) is 0 Å². The van der Waals surface area contributed by atoms with Crippen LogP contribution in [0.5, 0.6) is 0 Å². The van der Waals surface area contributed by atoms with E-state index in [1.54, 1.807) is 4.57 Å². The highest BCUT2D eigenvalue weighted by atomic mass is 35.5. The second kappa shape index (κ2) is 3.39. The van der Waals surface area contributed by atoms with Crippen molar-refractivity contribution in [1.82, 2.24) is 19.5 Å². The van der Waals surface area contributed by atoms with Crippen molar-refractivity contribution in [3.8, 4) is 0 Å². The first-order valence-corrected chi connectivity index (χ1v) is 4.31. The van der Waals surface area contributed by atoms with E-state index in [4.69, 9.17) is 16.7 Å². The van der Waals surface area contributed by atoms with Crippen LogP contribution in [0.25, 0.3) is 11.2 Å². The molecule has 0 aromatic carbocycles. The zero-order valence-corrected chi connectivity index (χ0v) is 7.82. The number of aromatic amines is 1. The lowest BCUT2D eigenvalue weighted by Crippen LogP contribution is -2.09. The SMILES string of the molecule is O=c1[nH]c(Cl)nc2c1ncn2CCO. The van der Waals surface area contributed by atoms with Crippen molar-refractivity contribution in [3.05, 3.63) is 22.0 Å². The summed E-state index contributed by atoms with van der Waals surface area (Å²) in [6.07, 6.45) is 1.44. The first-order valence-electron chi connectivity index (χ1n) is 3.94. The number of hydrogen-bond acceptors (Lipinski definition) is 4. The Morgan fingerprint density at radius 1 is 1.64 bits per heavy atom. The molecule has 2 heterocycles. The molecule has 0 unspecified atom stereocenters. The van der Waals surface area contributed by atoms with Crippen LogP contribution in [0.15, 0.2) is 11.1 Å². The van der Waals surface area contributed by atoms with E-state index in [1.165, 1.54) is 6.33 Å². The largest absolute Gasteiger partial charge is 0.395 e. The molecule has 2 aromatic rings. The first-order chi connectivity index (χ1) is 6.72. The van der Waals surface area contributed by atoms with Gasteiger partial charge in [-0.2, -0.15) is 4.98 Å². The number of hydrogen-bond donors (Lipinski definition) is 2. The number of halogens is 1. The number of nitrogens with zero attached hydrogens (tertiary/aromatic N) is 3. The Balaban J connectivity index is 2.72. The van der Waals surface area contributed by atoms with Crippen molar-refractivity contribution in [3.63, 3.8) is 0 Å². The number of H-pyrrole nitrogens is 1. The Morgan fingerprint density at radius 3 is 3.14 bits per heavy atom. The summed E-state index contributed by atoms with van der Waals surface area (Å²) in [4.78, 5) is 21.4.